The number of pyridine rings is 1. The van der Waals surface area contributed by atoms with Gasteiger partial charge in [0.15, 0.2) is 0 Å². The molecule has 6 heteroatoms. The molecule has 0 bridgehead atoms. The van der Waals surface area contributed by atoms with Crippen molar-refractivity contribution in [2.24, 2.45) is 7.05 Å². The molecule has 0 aromatic carbocycles. The molecule has 0 aliphatic heterocycles. The van der Waals surface area contributed by atoms with Gasteiger partial charge in [0.05, 0.1) is 9.48 Å². The molecular formula is C15H15BrN4S. The third-order valence-corrected chi connectivity index (χ3v) is 4.73. The summed E-state index contributed by atoms with van der Waals surface area (Å²) in [4.78, 5) is 5.37. The summed E-state index contributed by atoms with van der Waals surface area (Å²) < 4.78 is 3.02. The zero-order valence-electron chi connectivity index (χ0n) is 11.6. The van der Waals surface area contributed by atoms with Gasteiger partial charge in [-0.2, -0.15) is 5.10 Å². The maximum Gasteiger partial charge on any atom is 0.0969 e. The fourth-order valence-corrected chi connectivity index (χ4v) is 3.64. The number of hydrogen-bond acceptors (Lipinski definition) is 4. The van der Waals surface area contributed by atoms with E-state index >= 15 is 0 Å². The van der Waals surface area contributed by atoms with E-state index in [1.807, 2.05) is 23.9 Å². The van der Waals surface area contributed by atoms with Gasteiger partial charge in [0, 0.05) is 54.7 Å². The number of aryl methyl sites for hydroxylation is 1. The van der Waals surface area contributed by atoms with Crippen molar-refractivity contribution in [3.05, 3.63) is 57.1 Å². The Morgan fingerprint density at radius 3 is 2.71 bits per heavy atom. The number of halogens is 1. The summed E-state index contributed by atoms with van der Waals surface area (Å²) in [5.74, 6) is 0. The molecule has 0 saturated heterocycles. The third kappa shape index (κ3) is 3.58. The van der Waals surface area contributed by atoms with Crippen LogP contribution in [0.1, 0.15) is 10.4 Å². The molecule has 0 fully saturated rings. The molecule has 0 aliphatic rings. The van der Waals surface area contributed by atoms with Crippen LogP contribution in [0.15, 0.2) is 46.6 Å². The van der Waals surface area contributed by atoms with Crippen molar-refractivity contribution in [3.8, 4) is 11.3 Å². The predicted molar refractivity (Wildman–Crippen MR) is 89.0 cm³/mol. The Morgan fingerprint density at radius 1 is 1.19 bits per heavy atom. The molecule has 0 spiro atoms. The molecule has 108 valence electrons. The van der Waals surface area contributed by atoms with E-state index in [0.717, 1.165) is 28.1 Å². The molecule has 1 N–H and O–H groups in total. The SMILES string of the molecule is Cn1cc(CNCc2ccc(Br)s2)c(-c2ccncc2)n1. The molecule has 0 unspecified atom stereocenters. The average molecular weight is 363 g/mol. The molecule has 4 nitrogen and oxygen atoms in total. The van der Waals surface area contributed by atoms with Crippen molar-refractivity contribution in [2.45, 2.75) is 13.1 Å². The highest BCUT2D eigenvalue weighted by molar-refractivity contribution is 9.11. The van der Waals surface area contributed by atoms with Gasteiger partial charge in [-0.3, -0.25) is 9.67 Å². The van der Waals surface area contributed by atoms with E-state index in [9.17, 15) is 0 Å². The lowest BCUT2D eigenvalue weighted by molar-refractivity contribution is 0.699. The summed E-state index contributed by atoms with van der Waals surface area (Å²) in [6, 6.07) is 8.19. The number of rotatable bonds is 5. The molecule has 21 heavy (non-hydrogen) atoms. The summed E-state index contributed by atoms with van der Waals surface area (Å²) in [5.41, 5.74) is 3.31. The van der Waals surface area contributed by atoms with Crippen LogP contribution in [0.3, 0.4) is 0 Å². The number of nitrogens with one attached hydrogen (secondary N) is 1. The monoisotopic (exact) mass is 362 g/mol. The van der Waals surface area contributed by atoms with Gasteiger partial charge in [-0.25, -0.2) is 0 Å². The summed E-state index contributed by atoms with van der Waals surface area (Å²) in [5, 5.41) is 8.03. The van der Waals surface area contributed by atoms with Crippen molar-refractivity contribution >= 4 is 27.3 Å². The Hall–Kier alpha value is -1.50. The molecule has 0 radical (unpaired) electrons. The summed E-state index contributed by atoms with van der Waals surface area (Å²) in [6.07, 6.45) is 5.65. The number of nitrogens with zero attached hydrogens (tertiary/aromatic N) is 3. The van der Waals surface area contributed by atoms with Crippen LogP contribution in [0.2, 0.25) is 0 Å². The van der Waals surface area contributed by atoms with Gasteiger partial charge in [0.25, 0.3) is 0 Å². The first-order valence-electron chi connectivity index (χ1n) is 6.60. The van der Waals surface area contributed by atoms with Crippen LogP contribution in [-0.2, 0) is 20.1 Å². The Kier molecular flexibility index (Phi) is 4.48. The average Bonchev–Trinajstić information content (AvgIpc) is 3.06. The second-order valence-electron chi connectivity index (χ2n) is 4.72. The maximum absolute atomic E-state index is 4.55. The lowest BCUT2D eigenvalue weighted by Gasteiger charge is -2.04. The van der Waals surface area contributed by atoms with Crippen molar-refractivity contribution < 1.29 is 0 Å². The molecule has 0 amide bonds. The van der Waals surface area contributed by atoms with Gasteiger partial charge >= 0.3 is 0 Å². The van der Waals surface area contributed by atoms with E-state index in [-0.39, 0.29) is 0 Å². The van der Waals surface area contributed by atoms with Gasteiger partial charge in [0.1, 0.15) is 0 Å². The molecule has 3 rings (SSSR count). The van der Waals surface area contributed by atoms with Crippen LogP contribution < -0.4 is 5.32 Å². The molecule has 3 aromatic heterocycles. The standard InChI is InChI=1S/C15H15BrN4S/c1-20-10-12(8-18-9-13-2-3-14(16)21-13)15(19-20)11-4-6-17-7-5-11/h2-7,10,18H,8-9H2,1H3. The molecule has 0 aliphatic carbocycles. The third-order valence-electron chi connectivity index (χ3n) is 3.10. The smallest absolute Gasteiger partial charge is 0.0969 e. The fraction of sp³-hybridized carbons (Fsp3) is 0.200. The van der Waals surface area contributed by atoms with E-state index in [0.29, 0.717) is 0 Å². The lowest BCUT2D eigenvalue weighted by atomic mass is 10.1. The van der Waals surface area contributed by atoms with Crippen molar-refractivity contribution in [2.75, 3.05) is 0 Å². The minimum atomic E-state index is 0.793. The van der Waals surface area contributed by atoms with Gasteiger partial charge < -0.3 is 5.32 Å². The van der Waals surface area contributed by atoms with Crippen molar-refractivity contribution in [3.63, 3.8) is 0 Å². The first-order valence-corrected chi connectivity index (χ1v) is 8.21. The second kappa shape index (κ2) is 6.51. The van der Waals surface area contributed by atoms with Crippen LogP contribution in [0.4, 0.5) is 0 Å². The minimum absolute atomic E-state index is 0.793. The molecule has 3 aromatic rings. The number of aromatic nitrogens is 3. The van der Waals surface area contributed by atoms with Crippen LogP contribution in [-0.4, -0.2) is 14.8 Å². The van der Waals surface area contributed by atoms with Crippen LogP contribution in [0.25, 0.3) is 11.3 Å². The van der Waals surface area contributed by atoms with Gasteiger partial charge in [-0.1, -0.05) is 0 Å². The minimum Gasteiger partial charge on any atom is -0.308 e. The summed E-state index contributed by atoms with van der Waals surface area (Å²) >= 11 is 5.24. The Bertz CT molecular complexity index is 720. The lowest BCUT2D eigenvalue weighted by Crippen LogP contribution is -2.11. The Balaban J connectivity index is 1.71. The van der Waals surface area contributed by atoms with Crippen LogP contribution in [0, 0.1) is 0 Å². The highest BCUT2D eigenvalue weighted by Gasteiger charge is 2.09. The van der Waals surface area contributed by atoms with E-state index < -0.39 is 0 Å². The van der Waals surface area contributed by atoms with E-state index in [4.69, 9.17) is 0 Å². The van der Waals surface area contributed by atoms with Crippen LogP contribution >= 0.6 is 27.3 Å². The maximum atomic E-state index is 4.55. The zero-order valence-corrected chi connectivity index (χ0v) is 14.0. The highest BCUT2D eigenvalue weighted by atomic mass is 79.9. The molecule has 0 saturated carbocycles. The zero-order chi connectivity index (χ0) is 14.7. The van der Waals surface area contributed by atoms with Gasteiger partial charge in [-0.15, -0.1) is 11.3 Å². The fourth-order valence-electron chi connectivity index (χ4n) is 2.19. The quantitative estimate of drug-likeness (QED) is 0.753. The number of thiophene rings is 1. The predicted octanol–water partition coefficient (Wildman–Crippen LogP) is 3.60. The van der Waals surface area contributed by atoms with Gasteiger partial charge in [-0.05, 0) is 40.2 Å². The van der Waals surface area contributed by atoms with Crippen molar-refractivity contribution in [1.29, 1.82) is 0 Å². The summed E-state index contributed by atoms with van der Waals surface area (Å²) in [7, 11) is 1.95. The first-order chi connectivity index (χ1) is 10.2. The van der Waals surface area contributed by atoms with E-state index in [1.165, 1.54) is 10.4 Å². The Morgan fingerprint density at radius 2 is 2.00 bits per heavy atom. The molecular weight excluding hydrogens is 348 g/mol. The Labute approximate surface area is 136 Å². The first kappa shape index (κ1) is 14.4. The highest BCUT2D eigenvalue weighted by Crippen LogP contribution is 2.23. The van der Waals surface area contributed by atoms with Crippen LogP contribution in [0.5, 0.6) is 0 Å². The summed E-state index contributed by atoms with van der Waals surface area (Å²) in [6.45, 7) is 1.65. The number of hydrogen-bond donors (Lipinski definition) is 1. The normalized spacial score (nSPS) is 11.0. The van der Waals surface area contributed by atoms with Gasteiger partial charge in [0.2, 0.25) is 0 Å². The molecule has 3 heterocycles. The largest absolute Gasteiger partial charge is 0.308 e. The van der Waals surface area contributed by atoms with Crippen molar-refractivity contribution in [1.82, 2.24) is 20.1 Å². The molecule has 0 atom stereocenters. The van der Waals surface area contributed by atoms with E-state index in [1.54, 1.807) is 23.7 Å². The van der Waals surface area contributed by atoms with E-state index in [2.05, 4.69) is 49.7 Å². The second-order valence-corrected chi connectivity index (χ2v) is 7.27. The topological polar surface area (TPSA) is 42.7 Å².